The van der Waals surface area contributed by atoms with Gasteiger partial charge in [0.1, 0.15) is 10.9 Å². The maximum Gasteiger partial charge on any atom is 0.272 e. The van der Waals surface area contributed by atoms with Gasteiger partial charge < -0.3 is 30.2 Å². The van der Waals surface area contributed by atoms with E-state index in [9.17, 15) is 14.4 Å². The molecular weight excluding hydrogens is 651 g/mol. The number of rotatable bonds is 13. The minimum absolute atomic E-state index is 0.0224. The van der Waals surface area contributed by atoms with Gasteiger partial charge in [0, 0.05) is 21.8 Å². The Kier molecular flexibility index (Phi) is 11.9. The largest absolute Gasteiger partial charge is 0.493 e. The monoisotopic (exact) mass is 687 g/mol. The van der Waals surface area contributed by atoms with Crippen molar-refractivity contribution >= 4 is 46.9 Å². The molecule has 0 radical (unpaired) electrons. The fraction of sp³-hybridized carbons (Fsp3) is 0.125. The van der Waals surface area contributed by atoms with Crippen LogP contribution in [0, 0.1) is 6.92 Å². The molecule has 3 N–H and O–H groups in total. The van der Waals surface area contributed by atoms with Gasteiger partial charge in [0.25, 0.3) is 11.8 Å². The Morgan fingerprint density at radius 2 is 1.32 bits per heavy atom. The first-order chi connectivity index (χ1) is 24.3. The van der Waals surface area contributed by atoms with Crippen molar-refractivity contribution in [3.05, 3.63) is 149 Å². The van der Waals surface area contributed by atoms with Crippen LogP contribution in [0.1, 0.15) is 32.3 Å². The van der Waals surface area contributed by atoms with Crippen LogP contribution < -0.4 is 30.2 Å². The number of ether oxygens (including phenoxy) is 3. The second-order valence-corrected chi connectivity index (χ2v) is 12.3. The van der Waals surface area contributed by atoms with Crippen LogP contribution in [0.2, 0.25) is 0 Å². The van der Waals surface area contributed by atoms with Gasteiger partial charge in [-0.25, -0.2) is 0 Å². The Morgan fingerprint density at radius 1 is 0.680 bits per heavy atom. The van der Waals surface area contributed by atoms with Gasteiger partial charge in [-0.05, 0) is 78.7 Å². The van der Waals surface area contributed by atoms with Crippen LogP contribution in [0.3, 0.4) is 0 Å². The summed E-state index contributed by atoms with van der Waals surface area (Å²) in [6, 6.07) is 36.3. The third-order valence-electron chi connectivity index (χ3n) is 7.53. The van der Waals surface area contributed by atoms with Crippen molar-refractivity contribution in [1.82, 2.24) is 5.32 Å². The van der Waals surface area contributed by atoms with E-state index in [-0.39, 0.29) is 11.6 Å². The lowest BCUT2D eigenvalue weighted by Crippen LogP contribution is -2.30. The van der Waals surface area contributed by atoms with Crippen LogP contribution in [-0.2, 0) is 9.59 Å². The quantitative estimate of drug-likeness (QED) is 0.0852. The molecule has 50 heavy (non-hydrogen) atoms. The number of aryl methyl sites for hydroxylation is 1. The molecule has 0 aromatic heterocycles. The van der Waals surface area contributed by atoms with Crippen molar-refractivity contribution in [3.63, 3.8) is 0 Å². The number of carbonyl (C=O) groups excluding carboxylic acids is 3. The van der Waals surface area contributed by atoms with Crippen molar-refractivity contribution in [1.29, 1.82) is 0 Å². The van der Waals surface area contributed by atoms with Crippen molar-refractivity contribution in [2.45, 2.75) is 17.1 Å². The highest BCUT2D eigenvalue weighted by atomic mass is 32.2. The fourth-order valence-electron chi connectivity index (χ4n) is 5.02. The zero-order valence-electron chi connectivity index (χ0n) is 28.1. The lowest BCUT2D eigenvalue weighted by atomic mass is 10.1. The molecule has 0 aliphatic carbocycles. The summed E-state index contributed by atoms with van der Waals surface area (Å²) in [7, 11) is 4.49. The Labute approximate surface area is 295 Å². The minimum atomic E-state index is -0.580. The summed E-state index contributed by atoms with van der Waals surface area (Å²) in [5, 5.41) is 8.10. The highest BCUT2D eigenvalue weighted by Crippen LogP contribution is 2.39. The molecule has 0 aliphatic heterocycles. The highest BCUT2D eigenvalue weighted by Gasteiger charge is 2.23. The molecular formula is C40H37N3O6S. The molecule has 5 aromatic rings. The maximum atomic E-state index is 13.9. The summed E-state index contributed by atoms with van der Waals surface area (Å²) < 4.78 is 16.4. The van der Waals surface area contributed by atoms with Gasteiger partial charge in [0.2, 0.25) is 11.7 Å². The molecule has 254 valence electrons. The summed E-state index contributed by atoms with van der Waals surface area (Å²) in [5.74, 6) is -0.0514. The molecule has 3 amide bonds. The average molecular weight is 688 g/mol. The Hall–Kier alpha value is -6.00. The zero-order valence-corrected chi connectivity index (χ0v) is 28.9. The third-order valence-corrected chi connectivity index (χ3v) is 8.78. The van der Waals surface area contributed by atoms with E-state index in [1.807, 2.05) is 67.6 Å². The van der Waals surface area contributed by atoms with Crippen LogP contribution >= 0.6 is 11.8 Å². The molecule has 1 unspecified atom stereocenters. The molecule has 0 aliphatic rings. The van der Waals surface area contributed by atoms with Crippen LogP contribution in [-0.4, -0.2) is 39.1 Å². The van der Waals surface area contributed by atoms with E-state index < -0.39 is 17.1 Å². The summed E-state index contributed by atoms with van der Waals surface area (Å²) in [6.07, 6.45) is 1.53. The Bertz CT molecular complexity index is 1960. The Morgan fingerprint density at radius 3 is 1.94 bits per heavy atom. The van der Waals surface area contributed by atoms with Crippen molar-refractivity contribution in [3.8, 4) is 17.2 Å². The Balaban J connectivity index is 1.42. The van der Waals surface area contributed by atoms with E-state index in [0.717, 1.165) is 16.0 Å². The minimum Gasteiger partial charge on any atom is -0.493 e. The van der Waals surface area contributed by atoms with E-state index in [2.05, 4.69) is 16.0 Å². The fourth-order valence-corrected chi connectivity index (χ4v) is 6.10. The number of thioether (sulfide) groups is 1. The van der Waals surface area contributed by atoms with Gasteiger partial charge in [-0.2, -0.15) is 0 Å². The number of hydrogen-bond donors (Lipinski definition) is 3. The number of amides is 3. The van der Waals surface area contributed by atoms with Gasteiger partial charge in [-0.3, -0.25) is 14.4 Å². The first-order valence-electron chi connectivity index (χ1n) is 15.7. The summed E-state index contributed by atoms with van der Waals surface area (Å²) in [5.41, 5.74) is 3.97. The highest BCUT2D eigenvalue weighted by molar-refractivity contribution is 8.00. The van der Waals surface area contributed by atoms with E-state index in [4.69, 9.17) is 14.2 Å². The van der Waals surface area contributed by atoms with E-state index in [1.54, 1.807) is 60.7 Å². The number of benzene rings is 5. The molecule has 0 bridgehead atoms. The number of methoxy groups -OCH3 is 3. The first kappa shape index (κ1) is 35.3. The first-order valence-corrected chi connectivity index (χ1v) is 16.5. The summed E-state index contributed by atoms with van der Waals surface area (Å²) in [4.78, 5) is 41.4. The topological polar surface area (TPSA) is 115 Å². The predicted molar refractivity (Wildman–Crippen MR) is 198 cm³/mol. The number of hydrogen-bond acceptors (Lipinski definition) is 7. The maximum absolute atomic E-state index is 13.9. The van der Waals surface area contributed by atoms with Gasteiger partial charge in [-0.15, -0.1) is 11.8 Å². The van der Waals surface area contributed by atoms with Gasteiger partial charge >= 0.3 is 0 Å². The molecule has 9 nitrogen and oxygen atoms in total. The molecule has 0 spiro atoms. The van der Waals surface area contributed by atoms with Crippen LogP contribution in [0.4, 0.5) is 11.4 Å². The number of carbonyl (C=O) groups is 3. The number of nitrogens with one attached hydrogen (secondary N) is 3. The normalized spacial score (nSPS) is 11.6. The second-order valence-electron chi connectivity index (χ2n) is 11.1. The zero-order chi connectivity index (χ0) is 35.5. The molecule has 5 rings (SSSR count). The predicted octanol–water partition coefficient (Wildman–Crippen LogP) is 7.90. The van der Waals surface area contributed by atoms with Crippen LogP contribution in [0.15, 0.2) is 132 Å². The molecule has 0 heterocycles. The molecule has 5 aromatic carbocycles. The lowest BCUT2D eigenvalue weighted by Gasteiger charge is -2.18. The average Bonchev–Trinajstić information content (AvgIpc) is 3.14. The van der Waals surface area contributed by atoms with E-state index in [1.165, 1.54) is 39.2 Å². The number of anilines is 2. The van der Waals surface area contributed by atoms with Gasteiger partial charge in [0.05, 0.1) is 21.3 Å². The van der Waals surface area contributed by atoms with Crippen LogP contribution in [0.5, 0.6) is 17.2 Å². The van der Waals surface area contributed by atoms with Crippen LogP contribution in [0.25, 0.3) is 6.08 Å². The SMILES string of the molecule is COc1cc(/C=C(/NC(=O)c2ccccc2)C(=O)Nc2cccc(SC(C(=O)Nc3ccc(C)cc3)c3ccccc3)c2)cc(OC)c1OC. The molecule has 10 heteroatoms. The summed E-state index contributed by atoms with van der Waals surface area (Å²) >= 11 is 1.36. The molecule has 0 fully saturated rings. The lowest BCUT2D eigenvalue weighted by molar-refractivity contribution is -0.116. The van der Waals surface area contributed by atoms with Gasteiger partial charge in [-0.1, -0.05) is 72.3 Å². The van der Waals surface area contributed by atoms with Crippen molar-refractivity contribution in [2.75, 3.05) is 32.0 Å². The van der Waals surface area contributed by atoms with E-state index >= 15 is 0 Å². The smallest absolute Gasteiger partial charge is 0.272 e. The second kappa shape index (κ2) is 16.9. The van der Waals surface area contributed by atoms with Crippen molar-refractivity contribution in [2.24, 2.45) is 0 Å². The summed E-state index contributed by atoms with van der Waals surface area (Å²) in [6.45, 7) is 1.99. The molecule has 1 atom stereocenters. The third kappa shape index (κ3) is 9.12. The van der Waals surface area contributed by atoms with E-state index in [0.29, 0.717) is 39.8 Å². The van der Waals surface area contributed by atoms with Crippen molar-refractivity contribution < 1.29 is 28.6 Å². The molecule has 0 saturated heterocycles. The standard InChI is InChI=1S/C40H37N3O6S/c1-26-18-20-30(21-19-26)41-40(46)37(28-12-7-5-8-13-28)50-32-17-11-16-31(25-32)42-39(45)33(43-38(44)29-14-9-6-10-15-29)22-27-23-34(47-2)36(49-4)35(24-27)48-3/h5-25,37H,1-4H3,(H,41,46)(H,42,45)(H,43,44)/b33-22+. The molecule has 0 saturated carbocycles. The van der Waals surface area contributed by atoms with Gasteiger partial charge in [0.15, 0.2) is 11.5 Å².